The van der Waals surface area contributed by atoms with E-state index in [2.05, 4.69) is 24.1 Å². The Labute approximate surface area is 167 Å². The molecule has 6 heteroatoms. The summed E-state index contributed by atoms with van der Waals surface area (Å²) in [7, 11) is 0. The van der Waals surface area contributed by atoms with Crippen LogP contribution in [0.15, 0.2) is 0 Å². The van der Waals surface area contributed by atoms with Crippen LogP contribution in [-0.2, 0) is 9.59 Å². The molecule has 27 heavy (non-hydrogen) atoms. The van der Waals surface area contributed by atoms with Crippen LogP contribution in [0.1, 0.15) is 82.2 Å². The summed E-state index contributed by atoms with van der Waals surface area (Å²) in [6.07, 6.45) is 9.46. The number of aryl methyl sites for hydroxylation is 2. The molecule has 152 valence electrons. The molecule has 1 aromatic heterocycles. The highest BCUT2D eigenvalue weighted by molar-refractivity contribution is 7.15. The Morgan fingerprint density at radius 3 is 2.48 bits per heavy atom. The Bertz CT molecular complexity index is 603. The number of anilines is 1. The zero-order valence-corrected chi connectivity index (χ0v) is 18.2. The van der Waals surface area contributed by atoms with E-state index in [0.717, 1.165) is 61.9 Å². The lowest BCUT2D eigenvalue weighted by atomic mass is 9.91. The fourth-order valence-electron chi connectivity index (χ4n) is 3.81. The molecule has 0 aliphatic heterocycles. The van der Waals surface area contributed by atoms with E-state index in [9.17, 15) is 9.59 Å². The summed E-state index contributed by atoms with van der Waals surface area (Å²) in [6.45, 7) is 8.32. The van der Waals surface area contributed by atoms with Crippen molar-refractivity contribution in [3.05, 3.63) is 10.6 Å². The van der Waals surface area contributed by atoms with Crippen LogP contribution in [0.25, 0.3) is 0 Å². The second kappa shape index (κ2) is 10.8. The first kappa shape index (κ1) is 21.9. The van der Waals surface area contributed by atoms with Crippen molar-refractivity contribution in [1.82, 2.24) is 9.88 Å². The second-order valence-corrected chi connectivity index (χ2v) is 8.92. The Morgan fingerprint density at radius 1 is 1.22 bits per heavy atom. The monoisotopic (exact) mass is 393 g/mol. The van der Waals surface area contributed by atoms with Crippen molar-refractivity contribution in [2.24, 2.45) is 5.92 Å². The molecule has 0 bridgehead atoms. The van der Waals surface area contributed by atoms with E-state index >= 15 is 0 Å². The Morgan fingerprint density at radius 2 is 1.93 bits per heavy atom. The van der Waals surface area contributed by atoms with Crippen molar-refractivity contribution in [2.45, 2.75) is 91.5 Å². The molecule has 1 atom stereocenters. The Balaban J connectivity index is 2.08. The molecule has 0 radical (unpaired) electrons. The number of carbonyl (C=O) groups excluding carboxylic acids is 2. The quantitative estimate of drug-likeness (QED) is 0.636. The van der Waals surface area contributed by atoms with Crippen molar-refractivity contribution < 1.29 is 9.59 Å². The number of hydrogen-bond donors (Lipinski definition) is 1. The van der Waals surface area contributed by atoms with Crippen LogP contribution in [0.2, 0.25) is 0 Å². The predicted molar refractivity (Wildman–Crippen MR) is 112 cm³/mol. The summed E-state index contributed by atoms with van der Waals surface area (Å²) in [5.41, 5.74) is 0.945. The zero-order valence-electron chi connectivity index (χ0n) is 17.3. The molecular weight excluding hydrogens is 358 g/mol. The van der Waals surface area contributed by atoms with Crippen molar-refractivity contribution >= 4 is 28.3 Å². The predicted octanol–water partition coefficient (Wildman–Crippen LogP) is 5.08. The summed E-state index contributed by atoms with van der Waals surface area (Å²) in [4.78, 5) is 33.3. The normalized spacial score (nSPS) is 16.1. The molecule has 1 unspecified atom stereocenters. The lowest BCUT2D eigenvalue weighted by Crippen LogP contribution is -2.48. The van der Waals surface area contributed by atoms with Crippen LogP contribution in [-0.4, -0.2) is 34.3 Å². The third-order valence-corrected chi connectivity index (χ3v) is 6.62. The van der Waals surface area contributed by atoms with Gasteiger partial charge in [0.25, 0.3) is 0 Å². The Kier molecular flexibility index (Phi) is 8.74. The minimum Gasteiger partial charge on any atom is -0.330 e. The SMILES string of the molecule is CCCCC(CC)C(=O)N(CC(=O)Nc1nc(C)c(C)s1)C1CCCCC1. The van der Waals surface area contributed by atoms with E-state index in [0.29, 0.717) is 5.13 Å². The third kappa shape index (κ3) is 6.30. The van der Waals surface area contributed by atoms with E-state index in [-0.39, 0.29) is 30.3 Å². The van der Waals surface area contributed by atoms with Gasteiger partial charge >= 0.3 is 0 Å². The van der Waals surface area contributed by atoms with Crippen molar-refractivity contribution in [2.75, 3.05) is 11.9 Å². The molecule has 1 saturated carbocycles. The lowest BCUT2D eigenvalue weighted by Gasteiger charge is -2.36. The third-order valence-electron chi connectivity index (χ3n) is 5.64. The second-order valence-electron chi connectivity index (χ2n) is 7.71. The number of nitrogens with one attached hydrogen (secondary N) is 1. The van der Waals surface area contributed by atoms with Gasteiger partial charge in [-0.2, -0.15) is 0 Å². The molecule has 1 aliphatic carbocycles. The first-order valence-corrected chi connectivity index (χ1v) is 11.3. The summed E-state index contributed by atoms with van der Waals surface area (Å²) < 4.78 is 0. The van der Waals surface area contributed by atoms with Gasteiger partial charge in [0.2, 0.25) is 11.8 Å². The first-order valence-electron chi connectivity index (χ1n) is 10.5. The first-order chi connectivity index (χ1) is 13.0. The van der Waals surface area contributed by atoms with Gasteiger partial charge in [-0.1, -0.05) is 46.0 Å². The minimum absolute atomic E-state index is 0.0315. The fourth-order valence-corrected chi connectivity index (χ4v) is 4.64. The van der Waals surface area contributed by atoms with Gasteiger partial charge in [-0.3, -0.25) is 9.59 Å². The summed E-state index contributed by atoms with van der Waals surface area (Å²) in [6, 6.07) is 0.201. The number of nitrogens with zero attached hydrogens (tertiary/aromatic N) is 2. The highest BCUT2D eigenvalue weighted by Gasteiger charge is 2.31. The van der Waals surface area contributed by atoms with Gasteiger partial charge in [0, 0.05) is 16.8 Å². The van der Waals surface area contributed by atoms with Crippen molar-refractivity contribution in [1.29, 1.82) is 0 Å². The maximum absolute atomic E-state index is 13.3. The summed E-state index contributed by atoms with van der Waals surface area (Å²) >= 11 is 1.49. The average molecular weight is 394 g/mol. The molecule has 1 aliphatic rings. The zero-order chi connectivity index (χ0) is 19.8. The van der Waals surface area contributed by atoms with Crippen LogP contribution in [0.4, 0.5) is 5.13 Å². The van der Waals surface area contributed by atoms with E-state index in [4.69, 9.17) is 0 Å². The van der Waals surface area contributed by atoms with E-state index in [1.165, 1.54) is 17.8 Å². The van der Waals surface area contributed by atoms with Gasteiger partial charge in [0.05, 0.1) is 5.69 Å². The molecule has 2 rings (SSSR count). The largest absolute Gasteiger partial charge is 0.330 e. The molecule has 2 amide bonds. The molecule has 0 saturated heterocycles. The number of amides is 2. The molecular formula is C21H35N3O2S. The van der Waals surface area contributed by atoms with Crippen LogP contribution in [0, 0.1) is 19.8 Å². The number of hydrogen-bond acceptors (Lipinski definition) is 4. The fraction of sp³-hybridized carbons (Fsp3) is 0.762. The maximum Gasteiger partial charge on any atom is 0.245 e. The topological polar surface area (TPSA) is 62.3 Å². The summed E-state index contributed by atoms with van der Waals surface area (Å²) in [5.74, 6) is 0.0662. The number of aromatic nitrogens is 1. The number of carbonyl (C=O) groups is 2. The molecule has 1 N–H and O–H groups in total. The molecule has 0 aromatic carbocycles. The maximum atomic E-state index is 13.3. The van der Waals surface area contributed by atoms with Crippen LogP contribution < -0.4 is 5.32 Å². The molecule has 1 fully saturated rings. The number of thiazole rings is 1. The standard InChI is InChI=1S/C21H35N3O2S/c1-5-7-11-17(6-2)20(26)24(18-12-9-8-10-13-18)14-19(25)23-21-22-15(3)16(4)27-21/h17-18H,5-14H2,1-4H3,(H,22,23,25). The van der Waals surface area contributed by atoms with Crippen molar-refractivity contribution in [3.63, 3.8) is 0 Å². The molecule has 1 heterocycles. The van der Waals surface area contributed by atoms with Gasteiger partial charge in [-0.05, 0) is 39.5 Å². The molecule has 5 nitrogen and oxygen atoms in total. The molecule has 0 spiro atoms. The smallest absolute Gasteiger partial charge is 0.245 e. The van der Waals surface area contributed by atoms with Gasteiger partial charge in [-0.25, -0.2) is 4.98 Å². The van der Waals surface area contributed by atoms with Crippen molar-refractivity contribution in [3.8, 4) is 0 Å². The Hall–Kier alpha value is -1.43. The minimum atomic E-state index is -0.131. The lowest BCUT2D eigenvalue weighted by molar-refractivity contribution is -0.142. The van der Waals surface area contributed by atoms with E-state index < -0.39 is 0 Å². The van der Waals surface area contributed by atoms with E-state index in [1.807, 2.05) is 18.7 Å². The average Bonchev–Trinajstić information content (AvgIpc) is 2.97. The van der Waals surface area contributed by atoms with Crippen LogP contribution >= 0.6 is 11.3 Å². The number of unbranched alkanes of at least 4 members (excludes halogenated alkanes) is 1. The highest BCUT2D eigenvalue weighted by Crippen LogP contribution is 2.26. The van der Waals surface area contributed by atoms with Crippen LogP contribution in [0.3, 0.4) is 0 Å². The summed E-state index contributed by atoms with van der Waals surface area (Å²) in [5, 5.41) is 3.53. The van der Waals surface area contributed by atoms with Gasteiger partial charge in [0.15, 0.2) is 5.13 Å². The van der Waals surface area contributed by atoms with Gasteiger partial charge in [0.1, 0.15) is 6.54 Å². The van der Waals surface area contributed by atoms with Crippen LogP contribution in [0.5, 0.6) is 0 Å². The van der Waals surface area contributed by atoms with E-state index in [1.54, 1.807) is 0 Å². The molecule has 1 aromatic rings. The van der Waals surface area contributed by atoms with Gasteiger partial charge < -0.3 is 10.2 Å². The highest BCUT2D eigenvalue weighted by atomic mass is 32.1. The number of rotatable bonds is 9. The van der Waals surface area contributed by atoms with Gasteiger partial charge in [-0.15, -0.1) is 11.3 Å².